The van der Waals surface area contributed by atoms with Gasteiger partial charge in [-0.3, -0.25) is 0 Å². The van der Waals surface area contributed by atoms with E-state index in [2.05, 4.69) is 156 Å². The number of anilines is 3. The summed E-state index contributed by atoms with van der Waals surface area (Å²) < 4.78 is 12.6. The van der Waals surface area contributed by atoms with E-state index >= 15 is 0 Å². The molecule has 4 heterocycles. The van der Waals surface area contributed by atoms with Crippen LogP contribution in [-0.4, -0.2) is 6.71 Å². The van der Waals surface area contributed by atoms with Crippen molar-refractivity contribution in [2.75, 3.05) is 4.90 Å². The number of hydrogen-bond acceptors (Lipinski definition) is 4. The van der Waals surface area contributed by atoms with E-state index in [9.17, 15) is 0 Å². The molecule has 6 aromatic carbocycles. The van der Waals surface area contributed by atoms with Crippen LogP contribution in [0.3, 0.4) is 0 Å². The molecule has 270 valence electrons. The summed E-state index contributed by atoms with van der Waals surface area (Å²) in [6.07, 6.45) is 3.65. The average Bonchev–Trinajstić information content (AvgIpc) is 3.88. The molecular formula is C50H44BNOS2. The minimum atomic E-state index is 0.0332. The third-order valence-corrected chi connectivity index (χ3v) is 14.9. The van der Waals surface area contributed by atoms with Gasteiger partial charge in [0.1, 0.15) is 11.5 Å². The third kappa shape index (κ3) is 5.05. The first-order valence-corrected chi connectivity index (χ1v) is 21.5. The Bertz CT molecular complexity index is 2900. The molecule has 0 fully saturated rings. The quantitative estimate of drug-likeness (QED) is 0.163. The van der Waals surface area contributed by atoms with Crippen LogP contribution in [-0.2, 0) is 23.7 Å². The molecule has 0 saturated heterocycles. The van der Waals surface area contributed by atoms with Gasteiger partial charge in [-0.25, -0.2) is 0 Å². The zero-order valence-corrected chi connectivity index (χ0v) is 34.3. The Morgan fingerprint density at radius 1 is 0.636 bits per heavy atom. The van der Waals surface area contributed by atoms with Gasteiger partial charge >= 0.3 is 0 Å². The molecule has 5 heteroatoms. The lowest BCUT2D eigenvalue weighted by Gasteiger charge is -2.39. The van der Waals surface area contributed by atoms with Gasteiger partial charge in [0.25, 0.3) is 6.71 Å². The van der Waals surface area contributed by atoms with Crippen molar-refractivity contribution in [2.45, 2.75) is 78.6 Å². The van der Waals surface area contributed by atoms with Crippen LogP contribution in [0.15, 0.2) is 103 Å². The van der Waals surface area contributed by atoms with E-state index < -0.39 is 0 Å². The number of fused-ring (bicyclic) bond motifs is 11. The Balaban J connectivity index is 1.14. The van der Waals surface area contributed by atoms with Gasteiger partial charge in [-0.2, -0.15) is 0 Å². The number of nitrogens with zero attached hydrogens (tertiary/aromatic N) is 1. The number of benzene rings is 6. The highest BCUT2D eigenvalue weighted by Crippen LogP contribution is 2.49. The van der Waals surface area contributed by atoms with Crippen LogP contribution < -0.4 is 25.3 Å². The maximum absolute atomic E-state index is 7.03. The normalized spacial score (nSPS) is 14.7. The van der Waals surface area contributed by atoms with Crippen LogP contribution in [0.1, 0.15) is 75.8 Å². The van der Waals surface area contributed by atoms with Crippen molar-refractivity contribution < 1.29 is 4.74 Å². The van der Waals surface area contributed by atoms with Crippen molar-refractivity contribution in [1.29, 1.82) is 0 Å². The summed E-state index contributed by atoms with van der Waals surface area (Å²) in [5.41, 5.74) is 15.9. The predicted molar refractivity (Wildman–Crippen MR) is 240 cm³/mol. The molecule has 2 aromatic heterocycles. The molecule has 0 bridgehead atoms. The third-order valence-electron chi connectivity index (χ3n) is 12.4. The number of ether oxygens (including phenoxy) is 1. The fourth-order valence-corrected chi connectivity index (χ4v) is 12.1. The molecule has 0 amide bonds. The van der Waals surface area contributed by atoms with E-state index in [1.807, 2.05) is 22.7 Å². The van der Waals surface area contributed by atoms with E-state index in [0.717, 1.165) is 11.5 Å². The fraction of sp³-hybridized carbons (Fsp3) is 0.240. The molecular weight excluding hydrogens is 706 g/mol. The van der Waals surface area contributed by atoms with Crippen molar-refractivity contribution in [3.05, 3.63) is 131 Å². The molecule has 0 unspecified atom stereocenters. The van der Waals surface area contributed by atoms with Crippen molar-refractivity contribution in [1.82, 2.24) is 0 Å². The summed E-state index contributed by atoms with van der Waals surface area (Å²) in [4.78, 5) is 2.55. The molecule has 0 spiro atoms. The second kappa shape index (κ2) is 11.6. The van der Waals surface area contributed by atoms with Gasteiger partial charge in [-0.05, 0) is 129 Å². The van der Waals surface area contributed by atoms with E-state index in [-0.39, 0.29) is 17.5 Å². The number of hydrogen-bond donors (Lipinski definition) is 0. The SMILES string of the molecule is Cc1cc2c3c(c1)N(c1ccc(-c4ccc(C(C)(C)C)cc4)cc1)c1c(sc4ccc(C(C)(C)C)cc14)B3c1cc3c(cc1O2)sc1c2c(ccc13)CCC2. The van der Waals surface area contributed by atoms with Gasteiger partial charge < -0.3 is 9.64 Å². The van der Waals surface area contributed by atoms with Crippen molar-refractivity contribution in [2.24, 2.45) is 0 Å². The molecule has 0 N–H and O–H groups in total. The van der Waals surface area contributed by atoms with Gasteiger partial charge in [-0.15, -0.1) is 22.7 Å². The summed E-state index contributed by atoms with van der Waals surface area (Å²) in [5.74, 6) is 1.98. The Hall–Kier alpha value is -4.84. The number of rotatable bonds is 2. The fourth-order valence-electron chi connectivity index (χ4n) is 9.46. The van der Waals surface area contributed by atoms with Gasteiger partial charge in [0.2, 0.25) is 0 Å². The summed E-state index contributed by atoms with van der Waals surface area (Å²) in [7, 11) is 0. The topological polar surface area (TPSA) is 12.5 Å². The van der Waals surface area contributed by atoms with Gasteiger partial charge in [0, 0.05) is 46.4 Å². The maximum Gasteiger partial charge on any atom is 0.268 e. The Kier molecular flexibility index (Phi) is 7.06. The minimum Gasteiger partial charge on any atom is -0.458 e. The van der Waals surface area contributed by atoms with Gasteiger partial charge in [0.15, 0.2) is 0 Å². The van der Waals surface area contributed by atoms with Crippen molar-refractivity contribution in [3.63, 3.8) is 0 Å². The smallest absolute Gasteiger partial charge is 0.268 e. The van der Waals surface area contributed by atoms with E-state index in [0.29, 0.717) is 0 Å². The monoisotopic (exact) mass is 749 g/mol. The van der Waals surface area contributed by atoms with E-state index in [4.69, 9.17) is 4.74 Å². The molecule has 0 saturated carbocycles. The summed E-state index contributed by atoms with van der Waals surface area (Å²) in [5, 5.41) is 4.09. The lowest BCUT2D eigenvalue weighted by molar-refractivity contribution is 0.488. The minimum absolute atomic E-state index is 0.0332. The standard InChI is InChI=1S/C50H44BNOS2/c1-28-23-40-45-42(24-28)53-41-27-44-37(36-21-15-31-9-8-10-35(31)47(36)54-44)26-39(41)51(45)48-46(38-25-33(50(5,6)7)18-22-43(38)55-48)52(40)34-19-13-30(14-20-34)29-11-16-32(17-12-29)49(2,3)4/h11-27H,8-10H2,1-7H3. The highest BCUT2D eigenvalue weighted by molar-refractivity contribution is 7.33. The molecule has 1 aliphatic carbocycles. The van der Waals surface area contributed by atoms with Crippen LogP contribution >= 0.6 is 22.7 Å². The Labute approximate surface area is 332 Å². The number of aryl methyl sites for hydroxylation is 3. The zero-order chi connectivity index (χ0) is 37.5. The van der Waals surface area contributed by atoms with E-state index in [1.54, 1.807) is 5.56 Å². The second-order valence-corrected chi connectivity index (χ2v) is 20.3. The molecule has 2 aliphatic heterocycles. The van der Waals surface area contributed by atoms with Crippen molar-refractivity contribution >= 4 is 92.4 Å². The first-order chi connectivity index (χ1) is 26.4. The molecule has 55 heavy (non-hydrogen) atoms. The summed E-state index contributed by atoms with van der Waals surface area (Å²) in [6.45, 7) is 16.1. The molecule has 11 rings (SSSR count). The first-order valence-electron chi connectivity index (χ1n) is 19.8. The predicted octanol–water partition coefficient (Wildman–Crippen LogP) is 12.7. The molecule has 0 radical (unpaired) electrons. The lowest BCUT2D eigenvalue weighted by Crippen LogP contribution is -2.58. The molecule has 3 aliphatic rings. The lowest BCUT2D eigenvalue weighted by atomic mass is 9.37. The summed E-state index contributed by atoms with van der Waals surface area (Å²) in [6, 6.07) is 39.8. The van der Waals surface area contributed by atoms with Gasteiger partial charge in [0.05, 0.1) is 5.69 Å². The largest absolute Gasteiger partial charge is 0.458 e. The van der Waals surface area contributed by atoms with Crippen LogP contribution in [0.2, 0.25) is 0 Å². The summed E-state index contributed by atoms with van der Waals surface area (Å²) >= 11 is 3.92. The van der Waals surface area contributed by atoms with Gasteiger partial charge in [-0.1, -0.05) is 102 Å². The van der Waals surface area contributed by atoms with Crippen LogP contribution in [0.4, 0.5) is 17.1 Å². The molecule has 8 aromatic rings. The Morgan fingerprint density at radius 3 is 2.11 bits per heavy atom. The Morgan fingerprint density at radius 2 is 1.36 bits per heavy atom. The van der Waals surface area contributed by atoms with Crippen molar-refractivity contribution in [3.8, 4) is 22.6 Å². The zero-order valence-electron chi connectivity index (χ0n) is 32.7. The number of thiophene rings is 2. The van der Waals surface area contributed by atoms with Crippen LogP contribution in [0.5, 0.6) is 11.5 Å². The molecule has 0 atom stereocenters. The van der Waals surface area contributed by atoms with Crippen LogP contribution in [0.25, 0.3) is 41.4 Å². The second-order valence-electron chi connectivity index (χ2n) is 18.1. The first kappa shape index (κ1) is 33.5. The van der Waals surface area contributed by atoms with Crippen LogP contribution in [0, 0.1) is 6.92 Å². The molecule has 2 nitrogen and oxygen atoms in total. The maximum atomic E-state index is 7.03. The highest BCUT2D eigenvalue weighted by atomic mass is 32.1. The van der Waals surface area contributed by atoms with E-state index in [1.165, 1.54) is 116 Å². The highest BCUT2D eigenvalue weighted by Gasteiger charge is 2.44. The average molecular weight is 750 g/mol.